The molecule has 0 heterocycles. The topological polar surface area (TPSA) is 17.1 Å². The van der Waals surface area contributed by atoms with Crippen LogP contribution in [0.15, 0.2) is 11.6 Å². The number of rotatable bonds is 1. The molecule has 0 radical (unpaired) electrons. The lowest BCUT2D eigenvalue weighted by Gasteiger charge is -2.50. The standard InChI is InChI=1S/C9H12O/c1-5-3-7-4-8(6(2)10)9(5)7/h3,7-9H,4H2,1-2H3/t7?,8-,9?/m1/s1. The number of hydrogen-bond donors (Lipinski definition) is 0. The molecule has 0 N–H and O–H groups in total. The van der Waals surface area contributed by atoms with Crippen LogP contribution in [0.4, 0.5) is 0 Å². The molecular weight excluding hydrogens is 124 g/mol. The molecule has 2 rings (SSSR count). The quantitative estimate of drug-likeness (QED) is 0.502. The minimum Gasteiger partial charge on any atom is -0.300 e. The van der Waals surface area contributed by atoms with E-state index in [1.165, 1.54) is 5.57 Å². The summed E-state index contributed by atoms with van der Waals surface area (Å²) in [5.41, 5.74) is 1.44. The summed E-state index contributed by atoms with van der Waals surface area (Å²) in [6, 6.07) is 0. The summed E-state index contributed by atoms with van der Waals surface area (Å²) in [4.78, 5) is 10.9. The minimum atomic E-state index is 0.383. The SMILES string of the molecule is CC(=O)[C@H]1CC2C=C(C)C21. The summed E-state index contributed by atoms with van der Waals surface area (Å²) in [6.45, 7) is 3.85. The number of fused-ring (bicyclic) bond motifs is 1. The minimum absolute atomic E-state index is 0.383. The molecule has 0 aromatic rings. The molecular formula is C9H12O. The van der Waals surface area contributed by atoms with Gasteiger partial charge in [0.1, 0.15) is 5.78 Å². The van der Waals surface area contributed by atoms with Crippen LogP contribution >= 0.6 is 0 Å². The van der Waals surface area contributed by atoms with E-state index in [9.17, 15) is 4.79 Å². The van der Waals surface area contributed by atoms with Crippen LogP contribution in [0, 0.1) is 17.8 Å². The van der Waals surface area contributed by atoms with E-state index in [4.69, 9.17) is 0 Å². The molecule has 0 aromatic carbocycles. The fraction of sp³-hybridized carbons (Fsp3) is 0.667. The fourth-order valence-corrected chi connectivity index (χ4v) is 2.26. The Hall–Kier alpha value is -0.590. The highest BCUT2D eigenvalue weighted by atomic mass is 16.1. The Morgan fingerprint density at radius 1 is 1.70 bits per heavy atom. The Morgan fingerprint density at radius 2 is 2.40 bits per heavy atom. The van der Waals surface area contributed by atoms with E-state index in [-0.39, 0.29) is 0 Å². The van der Waals surface area contributed by atoms with E-state index in [0.29, 0.717) is 17.6 Å². The van der Waals surface area contributed by atoms with Crippen LogP contribution in [0.2, 0.25) is 0 Å². The number of carbonyl (C=O) groups is 1. The van der Waals surface area contributed by atoms with Crippen molar-refractivity contribution >= 4 is 5.78 Å². The molecule has 1 fully saturated rings. The van der Waals surface area contributed by atoms with Gasteiger partial charge in [-0.2, -0.15) is 0 Å². The number of Topliss-reactive ketones (excluding diaryl/α,β-unsaturated/α-hetero) is 1. The summed E-state index contributed by atoms with van der Waals surface area (Å²) < 4.78 is 0. The molecule has 54 valence electrons. The molecule has 0 aliphatic heterocycles. The first-order valence-electron chi connectivity index (χ1n) is 3.89. The van der Waals surface area contributed by atoms with Gasteiger partial charge >= 0.3 is 0 Å². The summed E-state index contributed by atoms with van der Waals surface area (Å²) >= 11 is 0. The van der Waals surface area contributed by atoms with Crippen molar-refractivity contribution in [2.45, 2.75) is 20.3 Å². The van der Waals surface area contributed by atoms with E-state index < -0.39 is 0 Å². The number of ketones is 1. The molecule has 0 bridgehead atoms. The van der Waals surface area contributed by atoms with Crippen molar-refractivity contribution in [3.63, 3.8) is 0 Å². The molecule has 2 aliphatic carbocycles. The zero-order chi connectivity index (χ0) is 7.30. The second kappa shape index (κ2) is 1.71. The third kappa shape index (κ3) is 0.556. The highest BCUT2D eigenvalue weighted by Gasteiger charge is 2.48. The lowest BCUT2D eigenvalue weighted by Crippen LogP contribution is -2.45. The summed E-state index contributed by atoms with van der Waals surface area (Å²) in [7, 11) is 0. The zero-order valence-electron chi connectivity index (χ0n) is 6.42. The van der Waals surface area contributed by atoms with Crippen LogP contribution < -0.4 is 0 Å². The molecule has 2 aliphatic rings. The van der Waals surface area contributed by atoms with E-state index in [1.807, 2.05) is 0 Å². The molecule has 1 nitrogen and oxygen atoms in total. The first kappa shape index (κ1) is 6.14. The van der Waals surface area contributed by atoms with Crippen LogP contribution in [0.25, 0.3) is 0 Å². The van der Waals surface area contributed by atoms with Crippen LogP contribution in [0.5, 0.6) is 0 Å². The van der Waals surface area contributed by atoms with Crippen LogP contribution in [-0.4, -0.2) is 5.78 Å². The Bertz CT molecular complexity index is 215. The van der Waals surface area contributed by atoms with Crippen molar-refractivity contribution in [2.75, 3.05) is 0 Å². The summed E-state index contributed by atoms with van der Waals surface area (Å²) in [5.74, 6) is 2.19. The molecule has 2 unspecified atom stereocenters. The van der Waals surface area contributed by atoms with Gasteiger partial charge in [0.25, 0.3) is 0 Å². The maximum atomic E-state index is 10.9. The van der Waals surface area contributed by atoms with Gasteiger partial charge in [0, 0.05) is 5.92 Å². The van der Waals surface area contributed by atoms with Gasteiger partial charge in [0.2, 0.25) is 0 Å². The summed E-state index contributed by atoms with van der Waals surface area (Å²) in [6.07, 6.45) is 3.42. The lowest BCUT2D eigenvalue weighted by molar-refractivity contribution is -0.127. The van der Waals surface area contributed by atoms with Gasteiger partial charge in [-0.05, 0) is 32.1 Å². The maximum absolute atomic E-state index is 10.9. The third-order valence-corrected chi connectivity index (χ3v) is 2.95. The normalized spacial score (nSPS) is 42.6. The molecule has 1 heteroatoms. The largest absolute Gasteiger partial charge is 0.300 e. The Labute approximate surface area is 61.1 Å². The molecule has 0 spiro atoms. The molecule has 3 atom stereocenters. The van der Waals surface area contributed by atoms with Gasteiger partial charge in [0.05, 0.1) is 0 Å². The van der Waals surface area contributed by atoms with Gasteiger partial charge < -0.3 is 0 Å². The van der Waals surface area contributed by atoms with Gasteiger partial charge in [0.15, 0.2) is 0 Å². The van der Waals surface area contributed by atoms with Crippen LogP contribution in [0.3, 0.4) is 0 Å². The van der Waals surface area contributed by atoms with Crippen molar-refractivity contribution in [1.29, 1.82) is 0 Å². The van der Waals surface area contributed by atoms with Crippen molar-refractivity contribution in [3.8, 4) is 0 Å². The van der Waals surface area contributed by atoms with Crippen LogP contribution in [-0.2, 0) is 4.79 Å². The Kier molecular flexibility index (Phi) is 1.05. The zero-order valence-corrected chi connectivity index (χ0v) is 6.42. The highest BCUT2D eigenvalue weighted by Crippen LogP contribution is 2.53. The second-order valence-electron chi connectivity index (χ2n) is 3.55. The van der Waals surface area contributed by atoms with Gasteiger partial charge in [-0.1, -0.05) is 11.6 Å². The smallest absolute Gasteiger partial charge is 0.133 e. The van der Waals surface area contributed by atoms with Gasteiger partial charge in [-0.15, -0.1) is 0 Å². The van der Waals surface area contributed by atoms with Crippen molar-refractivity contribution in [2.24, 2.45) is 17.8 Å². The van der Waals surface area contributed by atoms with Crippen LogP contribution in [0.1, 0.15) is 20.3 Å². The lowest BCUT2D eigenvalue weighted by atomic mass is 9.54. The van der Waals surface area contributed by atoms with Gasteiger partial charge in [-0.25, -0.2) is 0 Å². The Balaban J connectivity index is 2.10. The highest BCUT2D eigenvalue weighted by molar-refractivity contribution is 5.81. The molecule has 10 heavy (non-hydrogen) atoms. The average Bonchev–Trinajstić information content (AvgIpc) is 1.79. The van der Waals surface area contributed by atoms with E-state index in [2.05, 4.69) is 13.0 Å². The third-order valence-electron chi connectivity index (χ3n) is 2.95. The monoisotopic (exact) mass is 136 g/mol. The maximum Gasteiger partial charge on any atom is 0.133 e. The number of hydrogen-bond acceptors (Lipinski definition) is 1. The predicted molar refractivity (Wildman–Crippen MR) is 39.5 cm³/mol. The molecule has 0 aromatic heterocycles. The van der Waals surface area contributed by atoms with E-state index >= 15 is 0 Å². The fourth-order valence-electron chi connectivity index (χ4n) is 2.26. The molecule has 1 saturated carbocycles. The number of carbonyl (C=O) groups excluding carboxylic acids is 1. The second-order valence-corrected chi connectivity index (χ2v) is 3.55. The predicted octanol–water partition coefficient (Wildman–Crippen LogP) is 1.79. The van der Waals surface area contributed by atoms with E-state index in [1.54, 1.807) is 6.92 Å². The van der Waals surface area contributed by atoms with Crippen molar-refractivity contribution in [1.82, 2.24) is 0 Å². The number of allylic oxidation sites excluding steroid dienone is 2. The Morgan fingerprint density at radius 3 is 2.70 bits per heavy atom. The van der Waals surface area contributed by atoms with Gasteiger partial charge in [-0.3, -0.25) is 4.79 Å². The first-order chi connectivity index (χ1) is 4.70. The molecule has 0 saturated heterocycles. The average molecular weight is 136 g/mol. The van der Waals surface area contributed by atoms with Crippen molar-refractivity contribution < 1.29 is 4.79 Å². The first-order valence-corrected chi connectivity index (χ1v) is 3.89. The molecule has 0 amide bonds. The van der Waals surface area contributed by atoms with E-state index in [0.717, 1.165) is 12.3 Å². The summed E-state index contributed by atoms with van der Waals surface area (Å²) in [5, 5.41) is 0. The van der Waals surface area contributed by atoms with Crippen molar-refractivity contribution in [3.05, 3.63) is 11.6 Å².